The van der Waals surface area contributed by atoms with Crippen molar-refractivity contribution in [3.8, 4) is 0 Å². The number of carbonyl (C=O) groups is 1. The first-order valence-electron chi connectivity index (χ1n) is 9.20. The molecule has 0 aliphatic rings. The highest BCUT2D eigenvalue weighted by Gasteiger charge is 2.27. The molecule has 0 aromatic heterocycles. The van der Waals surface area contributed by atoms with Crippen molar-refractivity contribution in [2.45, 2.75) is 11.4 Å². The van der Waals surface area contributed by atoms with E-state index in [0.29, 0.717) is 15.6 Å². The van der Waals surface area contributed by atoms with Gasteiger partial charge in [-0.3, -0.25) is 14.9 Å². The van der Waals surface area contributed by atoms with E-state index in [4.69, 9.17) is 23.2 Å². The molecule has 0 atom stereocenters. The van der Waals surface area contributed by atoms with Crippen LogP contribution >= 0.6 is 23.2 Å². The van der Waals surface area contributed by atoms with Crippen LogP contribution in [0.3, 0.4) is 0 Å². The van der Waals surface area contributed by atoms with E-state index in [0.717, 1.165) is 4.31 Å². The van der Waals surface area contributed by atoms with Gasteiger partial charge in [-0.25, -0.2) is 8.42 Å². The van der Waals surface area contributed by atoms with E-state index in [-0.39, 0.29) is 22.8 Å². The molecule has 166 valence electrons. The van der Waals surface area contributed by atoms with Gasteiger partial charge in [0.1, 0.15) is 0 Å². The van der Waals surface area contributed by atoms with E-state index in [2.05, 4.69) is 5.32 Å². The lowest BCUT2D eigenvalue weighted by Crippen LogP contribution is -2.37. The Bertz CT molecular complexity index is 1250. The first-order chi connectivity index (χ1) is 15.2. The molecule has 0 bridgehead atoms. The van der Waals surface area contributed by atoms with Crippen molar-refractivity contribution in [2.75, 3.05) is 11.9 Å². The number of hydrogen-bond donors (Lipinski definition) is 1. The number of benzene rings is 3. The molecular formula is C21H17Cl2N3O5S. The fourth-order valence-corrected chi connectivity index (χ4v) is 4.55. The van der Waals surface area contributed by atoms with E-state index >= 15 is 0 Å². The molecule has 32 heavy (non-hydrogen) atoms. The number of nitrogens with one attached hydrogen (secondary N) is 1. The highest BCUT2D eigenvalue weighted by atomic mass is 35.5. The second kappa shape index (κ2) is 10.1. The molecule has 3 aromatic carbocycles. The van der Waals surface area contributed by atoms with Crippen LogP contribution in [0.15, 0.2) is 77.7 Å². The van der Waals surface area contributed by atoms with E-state index in [9.17, 15) is 23.3 Å². The highest BCUT2D eigenvalue weighted by molar-refractivity contribution is 7.89. The van der Waals surface area contributed by atoms with Crippen molar-refractivity contribution in [1.29, 1.82) is 0 Å². The van der Waals surface area contributed by atoms with Gasteiger partial charge in [0.15, 0.2) is 0 Å². The zero-order valence-electron chi connectivity index (χ0n) is 16.4. The van der Waals surface area contributed by atoms with Crippen molar-refractivity contribution in [2.24, 2.45) is 0 Å². The number of nitro groups is 1. The fraction of sp³-hybridized carbons (Fsp3) is 0.0952. The summed E-state index contributed by atoms with van der Waals surface area (Å²) in [6, 6.07) is 17.6. The Kier molecular flexibility index (Phi) is 7.47. The van der Waals surface area contributed by atoms with Gasteiger partial charge >= 0.3 is 0 Å². The molecule has 0 saturated heterocycles. The number of rotatable bonds is 8. The summed E-state index contributed by atoms with van der Waals surface area (Å²) >= 11 is 12.1. The number of sulfonamides is 1. The average molecular weight is 494 g/mol. The quantitative estimate of drug-likeness (QED) is 0.360. The molecule has 0 radical (unpaired) electrons. The van der Waals surface area contributed by atoms with Gasteiger partial charge in [-0.15, -0.1) is 0 Å². The summed E-state index contributed by atoms with van der Waals surface area (Å²) in [4.78, 5) is 23.0. The summed E-state index contributed by atoms with van der Waals surface area (Å²) < 4.78 is 27.5. The molecule has 3 rings (SSSR count). The third-order valence-corrected chi connectivity index (χ3v) is 6.84. The summed E-state index contributed by atoms with van der Waals surface area (Å²) in [7, 11) is -4.09. The van der Waals surface area contributed by atoms with Gasteiger partial charge < -0.3 is 5.32 Å². The third-order valence-electron chi connectivity index (χ3n) is 4.42. The Morgan fingerprint density at radius 1 is 1.00 bits per heavy atom. The molecule has 0 heterocycles. The molecule has 1 N–H and O–H groups in total. The van der Waals surface area contributed by atoms with E-state index in [1.165, 1.54) is 48.5 Å². The number of nitrogens with zero attached hydrogens (tertiary/aromatic N) is 2. The molecule has 1 amide bonds. The number of non-ortho nitro benzene ring substituents is 1. The first-order valence-corrected chi connectivity index (χ1v) is 11.4. The van der Waals surface area contributed by atoms with Gasteiger partial charge in [0, 0.05) is 34.4 Å². The molecule has 8 nitrogen and oxygen atoms in total. The van der Waals surface area contributed by atoms with Crippen LogP contribution in [0.25, 0.3) is 0 Å². The lowest BCUT2D eigenvalue weighted by atomic mass is 10.2. The average Bonchev–Trinajstić information content (AvgIpc) is 2.75. The maximum atomic E-state index is 13.3. The van der Waals surface area contributed by atoms with E-state index in [1.807, 2.05) is 0 Å². The van der Waals surface area contributed by atoms with Crippen molar-refractivity contribution in [3.63, 3.8) is 0 Å². The van der Waals surface area contributed by atoms with Crippen LogP contribution in [0.2, 0.25) is 10.0 Å². The predicted molar refractivity (Wildman–Crippen MR) is 122 cm³/mol. The Labute approximate surface area is 194 Å². The minimum atomic E-state index is -4.09. The maximum Gasteiger partial charge on any atom is 0.271 e. The number of amides is 1. The lowest BCUT2D eigenvalue weighted by molar-refractivity contribution is -0.384. The van der Waals surface area contributed by atoms with E-state index in [1.54, 1.807) is 24.3 Å². The third kappa shape index (κ3) is 5.83. The molecule has 0 fully saturated rings. The van der Waals surface area contributed by atoms with Gasteiger partial charge in [-0.2, -0.15) is 4.31 Å². The zero-order chi connectivity index (χ0) is 23.3. The summed E-state index contributed by atoms with van der Waals surface area (Å²) in [5, 5.41) is 14.2. The number of halogens is 2. The van der Waals surface area contributed by atoms with Crippen molar-refractivity contribution in [3.05, 3.63) is 98.5 Å². The van der Waals surface area contributed by atoms with Gasteiger partial charge in [-0.1, -0.05) is 47.5 Å². The van der Waals surface area contributed by atoms with Gasteiger partial charge in [0.25, 0.3) is 5.69 Å². The molecule has 3 aromatic rings. The standard InChI is InChI=1S/C21H17Cl2N3O5S/c22-16-8-10-19(11-9-16)32(30,31)25(13-15-4-1-2-7-20(15)23)14-21(27)24-17-5-3-6-18(12-17)26(28)29/h1-12H,13-14H2,(H,24,27). The van der Waals surface area contributed by atoms with Gasteiger partial charge in [-0.05, 0) is 42.0 Å². The van der Waals surface area contributed by atoms with Crippen molar-refractivity contribution in [1.82, 2.24) is 4.31 Å². The van der Waals surface area contributed by atoms with Crippen LogP contribution in [0.5, 0.6) is 0 Å². The van der Waals surface area contributed by atoms with Crippen molar-refractivity contribution >= 4 is 50.5 Å². The largest absolute Gasteiger partial charge is 0.325 e. The number of hydrogen-bond acceptors (Lipinski definition) is 5. The first kappa shape index (κ1) is 23.7. The van der Waals surface area contributed by atoms with Crippen molar-refractivity contribution < 1.29 is 18.1 Å². The molecule has 0 unspecified atom stereocenters. The molecule has 0 aliphatic carbocycles. The molecule has 11 heteroatoms. The fourth-order valence-electron chi connectivity index (χ4n) is 2.86. The van der Waals surface area contributed by atoms with Crippen LogP contribution in [0.4, 0.5) is 11.4 Å². The number of anilines is 1. The topological polar surface area (TPSA) is 110 Å². The minimum absolute atomic E-state index is 0.0443. The molecule has 0 aliphatic heterocycles. The van der Waals surface area contributed by atoms with E-state index < -0.39 is 27.4 Å². The monoisotopic (exact) mass is 493 g/mol. The Morgan fingerprint density at radius 2 is 1.69 bits per heavy atom. The van der Waals surface area contributed by atoms with Crippen LogP contribution < -0.4 is 5.32 Å². The number of carbonyl (C=O) groups excluding carboxylic acids is 1. The van der Waals surface area contributed by atoms with Gasteiger partial charge in [0.2, 0.25) is 15.9 Å². The molecule has 0 spiro atoms. The molecule has 0 saturated carbocycles. The second-order valence-electron chi connectivity index (χ2n) is 6.67. The minimum Gasteiger partial charge on any atom is -0.325 e. The predicted octanol–water partition coefficient (Wildman–Crippen LogP) is 4.73. The van der Waals surface area contributed by atoms with Crippen LogP contribution in [0.1, 0.15) is 5.56 Å². The molecular weight excluding hydrogens is 477 g/mol. The lowest BCUT2D eigenvalue weighted by Gasteiger charge is -2.22. The zero-order valence-corrected chi connectivity index (χ0v) is 18.8. The Hall–Kier alpha value is -2.98. The smallest absolute Gasteiger partial charge is 0.271 e. The van der Waals surface area contributed by atoms with Crippen LogP contribution in [0, 0.1) is 10.1 Å². The van der Waals surface area contributed by atoms with Crippen LogP contribution in [-0.2, 0) is 21.4 Å². The summed E-state index contributed by atoms with van der Waals surface area (Å²) in [6.45, 7) is -0.703. The van der Waals surface area contributed by atoms with Gasteiger partial charge in [0.05, 0.1) is 16.4 Å². The highest BCUT2D eigenvalue weighted by Crippen LogP contribution is 2.24. The Morgan fingerprint density at radius 3 is 2.34 bits per heavy atom. The summed E-state index contributed by atoms with van der Waals surface area (Å²) in [6.07, 6.45) is 0. The van der Waals surface area contributed by atoms with Crippen LogP contribution in [-0.4, -0.2) is 30.1 Å². The summed E-state index contributed by atoms with van der Waals surface area (Å²) in [5.41, 5.74) is 0.477. The second-order valence-corrected chi connectivity index (χ2v) is 9.46. The normalized spacial score (nSPS) is 11.3. The summed E-state index contributed by atoms with van der Waals surface area (Å²) in [5.74, 6) is -0.671. The Balaban J connectivity index is 1.89. The SMILES string of the molecule is O=C(CN(Cc1ccccc1Cl)S(=O)(=O)c1ccc(Cl)cc1)Nc1cccc([N+](=O)[O-])c1. The number of nitro benzene ring substituents is 1. The maximum absolute atomic E-state index is 13.3.